The van der Waals surface area contributed by atoms with Crippen LogP contribution in [0.3, 0.4) is 0 Å². The van der Waals surface area contributed by atoms with Crippen molar-refractivity contribution in [3.05, 3.63) is 55.0 Å². The van der Waals surface area contributed by atoms with Crippen LogP contribution in [0.2, 0.25) is 0 Å². The van der Waals surface area contributed by atoms with Gasteiger partial charge in [-0.25, -0.2) is 9.97 Å². The van der Waals surface area contributed by atoms with Crippen LogP contribution < -0.4 is 0 Å². The minimum Gasteiger partial charge on any atom is -0.352 e. The fraction of sp³-hybridized carbons (Fsp3) is 0. The van der Waals surface area contributed by atoms with E-state index in [0.29, 0.717) is 0 Å². The summed E-state index contributed by atoms with van der Waals surface area (Å²) < 4.78 is 0. The van der Waals surface area contributed by atoms with Gasteiger partial charge in [0.2, 0.25) is 0 Å². The molecule has 4 aromatic rings. The summed E-state index contributed by atoms with van der Waals surface area (Å²) in [6.07, 6.45) is 5.42. The van der Waals surface area contributed by atoms with Crippen LogP contribution >= 0.6 is 0 Å². The molecule has 0 aliphatic carbocycles. The summed E-state index contributed by atoms with van der Waals surface area (Å²) in [5, 5.41) is 1.03. The minimum absolute atomic E-state index is 0.734. The van der Waals surface area contributed by atoms with E-state index in [2.05, 4.69) is 19.9 Å². The van der Waals surface area contributed by atoms with E-state index in [-0.39, 0.29) is 0 Å². The maximum Gasteiger partial charge on any atom is 0.159 e. The maximum atomic E-state index is 4.65. The first-order valence-corrected chi connectivity index (χ1v) is 6.06. The molecular formula is C15H10N4. The van der Waals surface area contributed by atoms with Crippen molar-refractivity contribution in [1.29, 1.82) is 0 Å². The number of pyridine rings is 1. The molecule has 0 spiro atoms. The zero-order valence-corrected chi connectivity index (χ0v) is 10.0. The van der Waals surface area contributed by atoms with E-state index in [1.54, 1.807) is 6.20 Å². The number of aromatic amines is 1. The fourth-order valence-corrected chi connectivity index (χ4v) is 2.24. The highest BCUT2D eigenvalue weighted by atomic mass is 14.9. The van der Waals surface area contributed by atoms with Crippen molar-refractivity contribution >= 4 is 21.9 Å². The smallest absolute Gasteiger partial charge is 0.159 e. The third-order valence-corrected chi connectivity index (χ3v) is 3.17. The molecule has 90 valence electrons. The van der Waals surface area contributed by atoms with E-state index in [4.69, 9.17) is 0 Å². The van der Waals surface area contributed by atoms with Crippen molar-refractivity contribution in [2.24, 2.45) is 0 Å². The second-order valence-electron chi connectivity index (χ2n) is 4.37. The quantitative estimate of drug-likeness (QED) is 0.561. The number of hydrogen-bond acceptors (Lipinski definition) is 3. The Morgan fingerprint density at radius 1 is 0.895 bits per heavy atom. The van der Waals surface area contributed by atoms with Crippen LogP contribution in [0, 0.1) is 0 Å². The highest BCUT2D eigenvalue weighted by Crippen LogP contribution is 2.24. The third-order valence-electron chi connectivity index (χ3n) is 3.17. The van der Waals surface area contributed by atoms with E-state index in [9.17, 15) is 0 Å². The molecule has 19 heavy (non-hydrogen) atoms. The predicted octanol–water partition coefficient (Wildman–Crippen LogP) is 3.17. The first-order valence-electron chi connectivity index (χ1n) is 6.06. The van der Waals surface area contributed by atoms with Gasteiger partial charge in [0.15, 0.2) is 5.82 Å². The summed E-state index contributed by atoms with van der Waals surface area (Å²) in [6, 6.07) is 11.9. The number of rotatable bonds is 1. The molecule has 0 aliphatic heterocycles. The van der Waals surface area contributed by atoms with Gasteiger partial charge in [0.1, 0.15) is 5.52 Å². The zero-order valence-electron chi connectivity index (χ0n) is 10.0. The number of H-pyrrole nitrogens is 1. The van der Waals surface area contributed by atoms with Crippen LogP contribution in [-0.4, -0.2) is 19.9 Å². The van der Waals surface area contributed by atoms with E-state index < -0.39 is 0 Å². The Morgan fingerprint density at radius 3 is 2.68 bits per heavy atom. The van der Waals surface area contributed by atoms with Crippen molar-refractivity contribution in [1.82, 2.24) is 19.9 Å². The summed E-state index contributed by atoms with van der Waals surface area (Å²) in [6.45, 7) is 0. The van der Waals surface area contributed by atoms with Gasteiger partial charge in [-0.05, 0) is 6.07 Å². The fourth-order valence-electron chi connectivity index (χ4n) is 2.24. The molecule has 0 atom stereocenters. The Kier molecular flexibility index (Phi) is 2.08. The van der Waals surface area contributed by atoms with Crippen molar-refractivity contribution in [2.75, 3.05) is 0 Å². The Morgan fingerprint density at radius 2 is 1.79 bits per heavy atom. The molecule has 0 saturated heterocycles. The monoisotopic (exact) mass is 246 g/mol. The van der Waals surface area contributed by atoms with Crippen molar-refractivity contribution in [3.8, 4) is 11.4 Å². The normalized spacial score (nSPS) is 11.2. The Balaban J connectivity index is 2.03. The van der Waals surface area contributed by atoms with Crippen LogP contribution in [0.15, 0.2) is 55.0 Å². The molecule has 1 N–H and O–H groups in total. The summed E-state index contributed by atoms with van der Waals surface area (Å²) in [7, 11) is 0. The highest BCUT2D eigenvalue weighted by molar-refractivity contribution is 6.04. The highest BCUT2D eigenvalue weighted by Gasteiger charge is 2.08. The molecule has 0 saturated carbocycles. The van der Waals surface area contributed by atoms with Gasteiger partial charge in [-0.3, -0.25) is 4.98 Å². The molecule has 4 rings (SSSR count). The largest absolute Gasteiger partial charge is 0.352 e. The van der Waals surface area contributed by atoms with Gasteiger partial charge in [0, 0.05) is 23.3 Å². The van der Waals surface area contributed by atoms with Crippen molar-refractivity contribution in [2.45, 2.75) is 0 Å². The lowest BCUT2D eigenvalue weighted by atomic mass is 10.2. The number of nitrogens with one attached hydrogen (secondary N) is 1. The van der Waals surface area contributed by atoms with E-state index in [0.717, 1.165) is 33.3 Å². The van der Waals surface area contributed by atoms with Gasteiger partial charge in [0.05, 0.1) is 17.2 Å². The van der Waals surface area contributed by atoms with Crippen LogP contribution in [0.4, 0.5) is 0 Å². The first-order chi connectivity index (χ1) is 9.42. The first kappa shape index (κ1) is 10.2. The van der Waals surface area contributed by atoms with Gasteiger partial charge in [-0.2, -0.15) is 0 Å². The molecular weight excluding hydrogens is 236 g/mol. The average Bonchev–Trinajstić information content (AvgIpc) is 2.86. The zero-order chi connectivity index (χ0) is 12.7. The minimum atomic E-state index is 0.734. The summed E-state index contributed by atoms with van der Waals surface area (Å²) in [4.78, 5) is 16.5. The second-order valence-corrected chi connectivity index (χ2v) is 4.37. The molecule has 0 bridgehead atoms. The van der Waals surface area contributed by atoms with Gasteiger partial charge in [0.25, 0.3) is 0 Å². The summed E-state index contributed by atoms with van der Waals surface area (Å²) in [5.41, 5.74) is 3.90. The van der Waals surface area contributed by atoms with Crippen molar-refractivity contribution in [3.63, 3.8) is 0 Å². The van der Waals surface area contributed by atoms with Crippen LogP contribution in [0.5, 0.6) is 0 Å². The molecule has 0 aliphatic rings. The average molecular weight is 246 g/mol. The van der Waals surface area contributed by atoms with E-state index >= 15 is 0 Å². The number of nitrogens with zero attached hydrogens (tertiary/aromatic N) is 3. The Hall–Kier alpha value is -2.75. The Labute approximate surface area is 109 Å². The molecule has 4 nitrogen and oxygen atoms in total. The Bertz CT molecular complexity index is 865. The van der Waals surface area contributed by atoms with Gasteiger partial charge in [-0.15, -0.1) is 0 Å². The standard InChI is InChI=1S/C15H10N4/c1-2-4-10(5-3-1)15-17-9-13-14(19-15)11-8-16-7-6-12(11)18-13/h1-9,18H. The topological polar surface area (TPSA) is 54.5 Å². The lowest BCUT2D eigenvalue weighted by Gasteiger charge is -1.99. The number of aromatic nitrogens is 4. The molecule has 0 unspecified atom stereocenters. The molecule has 3 heterocycles. The molecule has 0 radical (unpaired) electrons. The van der Waals surface area contributed by atoms with Crippen molar-refractivity contribution < 1.29 is 0 Å². The van der Waals surface area contributed by atoms with E-state index in [1.165, 1.54) is 0 Å². The number of hydrogen-bond donors (Lipinski definition) is 1. The number of benzene rings is 1. The SMILES string of the molecule is c1ccc(-c2ncc3[nH]c4ccncc4c3n2)cc1. The van der Waals surface area contributed by atoms with Crippen LogP contribution in [0.25, 0.3) is 33.3 Å². The van der Waals surface area contributed by atoms with Crippen LogP contribution in [-0.2, 0) is 0 Å². The summed E-state index contributed by atoms with van der Waals surface area (Å²) >= 11 is 0. The predicted molar refractivity (Wildman–Crippen MR) is 74.6 cm³/mol. The number of fused-ring (bicyclic) bond motifs is 3. The maximum absolute atomic E-state index is 4.65. The lowest BCUT2D eigenvalue weighted by Crippen LogP contribution is -1.88. The van der Waals surface area contributed by atoms with Gasteiger partial charge < -0.3 is 4.98 Å². The molecule has 0 fully saturated rings. The molecule has 0 amide bonds. The lowest BCUT2D eigenvalue weighted by molar-refractivity contribution is 1.22. The molecule has 4 heteroatoms. The third kappa shape index (κ3) is 1.57. The van der Waals surface area contributed by atoms with Gasteiger partial charge >= 0.3 is 0 Å². The second kappa shape index (κ2) is 3.88. The van der Waals surface area contributed by atoms with Gasteiger partial charge in [-0.1, -0.05) is 30.3 Å². The molecule has 3 aromatic heterocycles. The summed E-state index contributed by atoms with van der Waals surface area (Å²) in [5.74, 6) is 0.734. The van der Waals surface area contributed by atoms with E-state index in [1.807, 2.05) is 48.8 Å². The van der Waals surface area contributed by atoms with Crippen LogP contribution in [0.1, 0.15) is 0 Å². The molecule has 1 aromatic carbocycles.